The van der Waals surface area contributed by atoms with Gasteiger partial charge in [0.2, 0.25) is 17.7 Å². The van der Waals surface area contributed by atoms with Gasteiger partial charge in [-0.2, -0.15) is 8.78 Å². The Bertz CT molecular complexity index is 1230. The van der Waals surface area contributed by atoms with E-state index in [-0.39, 0.29) is 31.1 Å². The lowest BCUT2D eigenvalue weighted by Crippen LogP contribution is -2.67. The van der Waals surface area contributed by atoms with Crippen LogP contribution >= 0.6 is 0 Å². The number of likely N-dealkylation sites (tertiary alicyclic amines) is 1. The summed E-state index contributed by atoms with van der Waals surface area (Å²) in [4.78, 5) is 43.9. The number of nitrogens with one attached hydrogen (secondary N) is 1. The molecule has 0 aliphatic carbocycles. The molecular weight excluding hydrogens is 500 g/mol. The number of rotatable bonds is 10. The lowest BCUT2D eigenvalue weighted by Gasteiger charge is -2.50. The number of carboxylic acid groups (broad SMARTS) is 1. The number of carboxylic acids is 1. The molecule has 1 fully saturated rings. The van der Waals surface area contributed by atoms with Gasteiger partial charge < -0.3 is 24.8 Å². The van der Waals surface area contributed by atoms with Crippen LogP contribution in [0.1, 0.15) is 56.9 Å². The highest BCUT2D eigenvalue weighted by molar-refractivity contribution is 6.03. The predicted octanol–water partition coefficient (Wildman–Crippen LogP) is 4.34. The average Bonchev–Trinajstić information content (AvgIpc) is 2.79. The number of halogens is 2. The number of aromatic nitrogens is 1. The van der Waals surface area contributed by atoms with Gasteiger partial charge >= 0.3 is 12.6 Å². The van der Waals surface area contributed by atoms with Crippen molar-refractivity contribution in [2.24, 2.45) is 5.41 Å². The summed E-state index contributed by atoms with van der Waals surface area (Å²) in [6.45, 7) is 5.23. The Morgan fingerprint density at radius 2 is 1.84 bits per heavy atom. The second kappa shape index (κ2) is 10.9. The molecule has 2 aromatic rings. The molecule has 2 heterocycles. The lowest BCUT2D eigenvalue weighted by atomic mass is 9.69. The van der Waals surface area contributed by atoms with Crippen molar-refractivity contribution in [3.63, 3.8) is 0 Å². The normalized spacial score (nSPS) is 14.7. The van der Waals surface area contributed by atoms with Gasteiger partial charge in [-0.05, 0) is 62.1 Å². The molecule has 1 aromatic heterocycles. The number of hydrogen-bond donors (Lipinski definition) is 2. The summed E-state index contributed by atoms with van der Waals surface area (Å²) in [5.74, 6) is -1.97. The predicted molar refractivity (Wildman–Crippen MR) is 136 cm³/mol. The summed E-state index contributed by atoms with van der Waals surface area (Å²) in [7, 11) is 1.50. The number of aryl methyl sites for hydroxylation is 1. The fraction of sp³-hybridized carbons (Fsp3) is 0.481. The fourth-order valence-electron chi connectivity index (χ4n) is 4.41. The highest BCUT2D eigenvalue weighted by Crippen LogP contribution is 2.43. The summed E-state index contributed by atoms with van der Waals surface area (Å²) in [6.07, 6.45) is -0.247. The number of nitrogens with zero attached hydrogens (tertiary/aromatic N) is 2. The van der Waals surface area contributed by atoms with Crippen LogP contribution in [0.15, 0.2) is 30.3 Å². The monoisotopic (exact) mass is 533 g/mol. The Hall–Kier alpha value is -3.76. The molecule has 3 rings (SSSR count). The Kier molecular flexibility index (Phi) is 8.28. The maximum absolute atomic E-state index is 13.9. The fourth-order valence-corrected chi connectivity index (χ4v) is 4.41. The summed E-state index contributed by atoms with van der Waals surface area (Å²) in [5.41, 5.74) is -0.682. The number of hydrogen-bond acceptors (Lipinski definition) is 6. The lowest BCUT2D eigenvalue weighted by molar-refractivity contribution is -0.155. The number of alkyl halides is 2. The second-order valence-corrected chi connectivity index (χ2v) is 10.4. The standard InChI is InChI=1S/C27H33F2N3O6/c1-15(2)18-9-8-17(37-6)11-19(18)27(13-32(14-27)21(33)12-26(4,5)24(35)36)23(34)31-20-10-7-16(3)30-22(20)38-25(28)29/h7-11,15,25H,12-14H2,1-6H3,(H,31,34)(H,35,36). The first kappa shape index (κ1) is 28.8. The Labute approximate surface area is 220 Å². The Balaban J connectivity index is 2.03. The molecule has 9 nitrogen and oxygen atoms in total. The number of carbonyl (C=O) groups excluding carboxylic acids is 2. The first-order valence-corrected chi connectivity index (χ1v) is 12.1. The van der Waals surface area contributed by atoms with Crippen LogP contribution in [0.4, 0.5) is 14.5 Å². The zero-order valence-electron chi connectivity index (χ0n) is 22.3. The molecule has 0 unspecified atom stereocenters. The van der Waals surface area contributed by atoms with E-state index in [2.05, 4.69) is 15.0 Å². The van der Waals surface area contributed by atoms with Crippen molar-refractivity contribution < 1.29 is 37.7 Å². The zero-order valence-corrected chi connectivity index (χ0v) is 22.3. The van der Waals surface area contributed by atoms with Crippen LogP contribution in [0.3, 0.4) is 0 Å². The molecule has 2 N–H and O–H groups in total. The van der Waals surface area contributed by atoms with E-state index in [1.54, 1.807) is 25.1 Å². The van der Waals surface area contributed by atoms with Crippen molar-refractivity contribution in [1.82, 2.24) is 9.88 Å². The molecule has 38 heavy (non-hydrogen) atoms. The zero-order chi connectivity index (χ0) is 28.4. The number of benzene rings is 1. The first-order chi connectivity index (χ1) is 17.7. The van der Waals surface area contributed by atoms with Crippen molar-refractivity contribution in [2.45, 2.75) is 59.0 Å². The van der Waals surface area contributed by atoms with Crippen LogP contribution in [0, 0.1) is 12.3 Å². The molecule has 1 saturated heterocycles. The van der Waals surface area contributed by atoms with Gasteiger partial charge in [-0.25, -0.2) is 4.98 Å². The van der Waals surface area contributed by atoms with E-state index >= 15 is 0 Å². The van der Waals surface area contributed by atoms with Gasteiger partial charge in [0.1, 0.15) is 16.9 Å². The molecule has 206 valence electrons. The topological polar surface area (TPSA) is 118 Å². The Morgan fingerprint density at radius 3 is 2.39 bits per heavy atom. The summed E-state index contributed by atoms with van der Waals surface area (Å²) >= 11 is 0. The third kappa shape index (κ3) is 5.87. The molecule has 0 bridgehead atoms. The summed E-state index contributed by atoms with van der Waals surface area (Å²) in [6, 6.07) is 8.35. The van der Waals surface area contributed by atoms with Crippen LogP contribution in [-0.2, 0) is 19.8 Å². The molecule has 1 aromatic carbocycles. The molecule has 0 saturated carbocycles. The highest BCUT2D eigenvalue weighted by atomic mass is 19.3. The number of amides is 2. The van der Waals surface area contributed by atoms with E-state index in [4.69, 9.17) is 4.74 Å². The van der Waals surface area contributed by atoms with Gasteiger partial charge in [0.05, 0.1) is 12.5 Å². The van der Waals surface area contributed by atoms with E-state index in [0.29, 0.717) is 17.0 Å². The number of methoxy groups -OCH3 is 1. The van der Waals surface area contributed by atoms with Gasteiger partial charge in [-0.1, -0.05) is 19.9 Å². The molecular formula is C27H33F2N3O6. The van der Waals surface area contributed by atoms with Crippen LogP contribution in [-0.4, -0.2) is 59.6 Å². The van der Waals surface area contributed by atoms with Gasteiger partial charge in [-0.3, -0.25) is 14.4 Å². The molecule has 2 amide bonds. The summed E-state index contributed by atoms with van der Waals surface area (Å²) < 4.78 is 36.0. The maximum Gasteiger partial charge on any atom is 0.388 e. The quantitative estimate of drug-likeness (QED) is 0.466. The SMILES string of the molecule is COc1ccc(C(C)C)c(C2(C(=O)Nc3ccc(C)nc3OC(F)F)CN(C(=O)CC(C)(C)C(=O)O)C2)c1. The van der Waals surface area contributed by atoms with Gasteiger partial charge in [0.25, 0.3) is 0 Å². The second-order valence-electron chi connectivity index (χ2n) is 10.4. The van der Waals surface area contributed by atoms with Crippen LogP contribution in [0.2, 0.25) is 0 Å². The Morgan fingerprint density at radius 1 is 1.18 bits per heavy atom. The van der Waals surface area contributed by atoms with Gasteiger partial charge in [0, 0.05) is 25.2 Å². The number of pyridine rings is 1. The van der Waals surface area contributed by atoms with Crippen molar-refractivity contribution >= 4 is 23.5 Å². The van der Waals surface area contributed by atoms with Crippen molar-refractivity contribution in [3.05, 3.63) is 47.2 Å². The average molecular weight is 534 g/mol. The molecule has 1 aliphatic heterocycles. The molecule has 11 heteroatoms. The molecule has 0 spiro atoms. The third-order valence-corrected chi connectivity index (χ3v) is 6.73. The van der Waals surface area contributed by atoms with Crippen molar-refractivity contribution in [1.29, 1.82) is 0 Å². The number of aliphatic carboxylic acids is 1. The largest absolute Gasteiger partial charge is 0.497 e. The number of ether oxygens (including phenoxy) is 2. The number of anilines is 1. The molecule has 1 aliphatic rings. The van der Waals surface area contributed by atoms with Gasteiger partial charge in [0.15, 0.2) is 0 Å². The van der Waals surface area contributed by atoms with E-state index in [9.17, 15) is 28.3 Å². The van der Waals surface area contributed by atoms with E-state index in [1.807, 2.05) is 19.9 Å². The third-order valence-electron chi connectivity index (χ3n) is 6.73. The first-order valence-electron chi connectivity index (χ1n) is 12.1. The van der Waals surface area contributed by atoms with Crippen LogP contribution in [0.5, 0.6) is 11.6 Å². The van der Waals surface area contributed by atoms with Crippen LogP contribution in [0.25, 0.3) is 0 Å². The minimum Gasteiger partial charge on any atom is -0.497 e. The molecule has 0 radical (unpaired) electrons. The van der Waals surface area contributed by atoms with Crippen molar-refractivity contribution in [2.75, 3.05) is 25.5 Å². The van der Waals surface area contributed by atoms with E-state index in [1.165, 1.54) is 31.9 Å². The van der Waals surface area contributed by atoms with Crippen LogP contribution < -0.4 is 14.8 Å². The van der Waals surface area contributed by atoms with Crippen molar-refractivity contribution in [3.8, 4) is 11.6 Å². The minimum absolute atomic E-state index is 0.00930. The smallest absolute Gasteiger partial charge is 0.388 e. The van der Waals surface area contributed by atoms with E-state index < -0.39 is 41.1 Å². The van der Waals surface area contributed by atoms with Gasteiger partial charge in [-0.15, -0.1) is 0 Å². The summed E-state index contributed by atoms with van der Waals surface area (Å²) in [5, 5.41) is 12.1. The minimum atomic E-state index is -3.14. The number of carbonyl (C=O) groups is 3. The molecule has 0 atom stereocenters. The van der Waals surface area contributed by atoms with E-state index in [0.717, 1.165) is 5.56 Å². The highest BCUT2D eigenvalue weighted by Gasteiger charge is 2.54. The maximum atomic E-state index is 13.9.